The molecular weight excluding hydrogens is 703 g/mol. The van der Waals surface area contributed by atoms with E-state index < -0.39 is 16.6 Å². The molecule has 9 rings (SSSR count). The summed E-state index contributed by atoms with van der Waals surface area (Å²) in [7, 11) is 0. The smallest absolute Gasteiger partial charge is 0.180 e. The first-order valence-electron chi connectivity index (χ1n) is 19.3. The Morgan fingerprint density at radius 2 is 1.60 bits per heavy atom. The van der Waals surface area contributed by atoms with Crippen LogP contribution in [0.5, 0.6) is 11.5 Å². The maximum atomic E-state index is 12.7. The maximum Gasteiger partial charge on any atom is 0.180 e. The van der Waals surface area contributed by atoms with Crippen LogP contribution in [0.2, 0.25) is 0 Å². The lowest BCUT2D eigenvalue weighted by Crippen LogP contribution is -2.37. The molecule has 2 aliphatic heterocycles. The molecule has 0 spiro atoms. The van der Waals surface area contributed by atoms with Gasteiger partial charge in [-0.15, -0.1) is 0 Å². The molecule has 57 heavy (non-hydrogen) atoms. The molecule has 0 fully saturated rings. The predicted octanol–water partition coefficient (Wildman–Crippen LogP) is 10.6. The van der Waals surface area contributed by atoms with Gasteiger partial charge in [-0.25, -0.2) is 0 Å². The van der Waals surface area contributed by atoms with E-state index in [1.54, 1.807) is 0 Å². The lowest BCUT2D eigenvalue weighted by molar-refractivity contribution is 0.0991. The van der Waals surface area contributed by atoms with Gasteiger partial charge in [0.05, 0.1) is 11.2 Å². The van der Waals surface area contributed by atoms with Crippen LogP contribution in [0.25, 0.3) is 28.7 Å². The van der Waals surface area contributed by atoms with E-state index in [1.807, 2.05) is 110 Å². The number of allylic oxidation sites excluding steroid dienone is 6. The van der Waals surface area contributed by atoms with Gasteiger partial charge in [-0.3, -0.25) is 0 Å². The molecular formula is C52H43NO4. The predicted molar refractivity (Wildman–Crippen MR) is 230 cm³/mol. The zero-order chi connectivity index (χ0) is 39.4. The van der Waals surface area contributed by atoms with E-state index in [-0.39, 0.29) is 6.10 Å². The van der Waals surface area contributed by atoms with Gasteiger partial charge in [-0.05, 0) is 91.6 Å². The molecule has 2 N–H and O–H groups in total. The number of fused-ring (bicyclic) bond motifs is 5. The Morgan fingerprint density at radius 1 is 0.860 bits per heavy atom. The molecule has 0 radical (unpaired) electrons. The van der Waals surface area contributed by atoms with Crippen molar-refractivity contribution in [3.63, 3.8) is 0 Å². The Hall–Kier alpha value is -6.58. The Balaban J connectivity index is 1.12. The molecule has 1 aromatic heterocycles. The highest BCUT2D eigenvalue weighted by atomic mass is 16.5. The largest absolute Gasteiger partial charge is 0.486 e. The van der Waals surface area contributed by atoms with E-state index in [0.29, 0.717) is 52.4 Å². The van der Waals surface area contributed by atoms with Gasteiger partial charge in [-0.1, -0.05) is 128 Å². The van der Waals surface area contributed by atoms with Crippen molar-refractivity contribution in [2.45, 2.75) is 44.0 Å². The van der Waals surface area contributed by atoms with Crippen molar-refractivity contribution in [2.24, 2.45) is 5.41 Å². The van der Waals surface area contributed by atoms with E-state index in [9.17, 15) is 10.2 Å². The van der Waals surface area contributed by atoms with Crippen molar-refractivity contribution in [1.82, 2.24) is 4.57 Å². The minimum atomic E-state index is -1.61. The summed E-state index contributed by atoms with van der Waals surface area (Å²) in [5, 5.41) is 26.1. The molecule has 5 nitrogen and oxygen atoms in total. The number of ether oxygens (including phenoxy) is 2. The van der Waals surface area contributed by atoms with Gasteiger partial charge in [0.2, 0.25) is 0 Å². The van der Waals surface area contributed by atoms with Crippen molar-refractivity contribution in [3.8, 4) is 29.0 Å². The number of rotatable bonds is 4. The summed E-state index contributed by atoms with van der Waals surface area (Å²) in [5.74, 6) is 8.46. The van der Waals surface area contributed by atoms with Crippen LogP contribution in [0, 0.1) is 17.3 Å². The molecule has 3 heterocycles. The lowest BCUT2D eigenvalue weighted by atomic mass is 9.68. The summed E-state index contributed by atoms with van der Waals surface area (Å²) in [6, 6.07) is 31.9. The molecule has 5 aromatic rings. The zero-order valence-corrected chi connectivity index (χ0v) is 32.1. The minimum Gasteiger partial charge on any atom is -0.486 e. The lowest BCUT2D eigenvalue weighted by Gasteiger charge is -2.41. The molecule has 280 valence electrons. The van der Waals surface area contributed by atoms with E-state index in [2.05, 4.69) is 91.1 Å². The number of para-hydroxylation sites is 3. The second kappa shape index (κ2) is 13.9. The summed E-state index contributed by atoms with van der Waals surface area (Å²) in [4.78, 5) is 0. The highest BCUT2D eigenvalue weighted by Gasteiger charge is 2.45. The van der Waals surface area contributed by atoms with Gasteiger partial charge in [0.1, 0.15) is 29.0 Å². The summed E-state index contributed by atoms with van der Waals surface area (Å²) in [5.41, 5.74) is 4.35. The minimum absolute atomic E-state index is 0.189. The summed E-state index contributed by atoms with van der Waals surface area (Å²) in [6.45, 7) is 13.0. The highest BCUT2D eigenvalue weighted by Crippen LogP contribution is 2.51. The SMILES string of the molecule is C=C1/C=C\C(C)Oc2ccccc2C1(O)C(=C)C1(C)C=Cc2c(n(-c3ccccc3)c3ccc(CC#CC4(O)C5=C(C=CC=CC5)Oc5ccccc54)cc23)C=C1. The summed E-state index contributed by atoms with van der Waals surface area (Å²) < 4.78 is 14.7. The molecule has 4 atom stereocenters. The molecule has 5 heteroatoms. The summed E-state index contributed by atoms with van der Waals surface area (Å²) >= 11 is 0. The van der Waals surface area contributed by atoms with Crippen molar-refractivity contribution in [1.29, 1.82) is 0 Å². The third-order valence-electron chi connectivity index (χ3n) is 11.6. The van der Waals surface area contributed by atoms with Crippen LogP contribution in [0.4, 0.5) is 0 Å². The van der Waals surface area contributed by atoms with E-state index in [4.69, 9.17) is 9.47 Å². The Kier molecular flexibility index (Phi) is 8.78. The van der Waals surface area contributed by atoms with Crippen LogP contribution in [0.1, 0.15) is 48.2 Å². The van der Waals surface area contributed by atoms with Crippen LogP contribution in [0.15, 0.2) is 181 Å². The van der Waals surface area contributed by atoms with Gasteiger partial charge < -0.3 is 24.3 Å². The third-order valence-corrected chi connectivity index (χ3v) is 11.6. The number of nitrogens with zero attached hydrogens (tertiary/aromatic N) is 1. The standard InChI is InChI=1S/C52H43NO4/c1-35-25-26-36(2)56-49-24-14-12-21-44(49)52(35,55)37(3)50(4)32-29-40-41-34-38(27-28-45(41)53(46(40)30-33-50)39-17-7-5-8-18-39)16-15-31-51(54)42-19-9-6-10-22-47(42)57-48-23-13-11-20-43(48)51/h5-14,17-18,20-30,32-34,36,54-55H,1,3,16,19H2,2,4H3/b26-25-. The van der Waals surface area contributed by atoms with Gasteiger partial charge in [0.25, 0.3) is 0 Å². The Labute approximate surface area is 333 Å². The first-order valence-corrected chi connectivity index (χ1v) is 19.3. The molecule has 4 aromatic carbocycles. The van der Waals surface area contributed by atoms with Crippen LogP contribution in [-0.4, -0.2) is 20.9 Å². The fourth-order valence-electron chi connectivity index (χ4n) is 8.43. The molecule has 4 aliphatic rings. The fourth-order valence-corrected chi connectivity index (χ4v) is 8.43. The number of aliphatic hydroxyl groups is 2. The first-order chi connectivity index (χ1) is 27.6. The van der Waals surface area contributed by atoms with Crippen LogP contribution in [-0.2, 0) is 17.6 Å². The Bertz CT molecular complexity index is 2740. The molecule has 0 saturated carbocycles. The van der Waals surface area contributed by atoms with E-state index in [0.717, 1.165) is 39.0 Å². The van der Waals surface area contributed by atoms with Crippen LogP contribution >= 0.6 is 0 Å². The zero-order valence-electron chi connectivity index (χ0n) is 32.1. The molecule has 4 unspecified atom stereocenters. The second-order valence-corrected chi connectivity index (χ2v) is 15.3. The van der Waals surface area contributed by atoms with Crippen LogP contribution in [0.3, 0.4) is 0 Å². The average Bonchev–Trinajstić information content (AvgIpc) is 3.35. The molecule has 0 amide bonds. The van der Waals surface area contributed by atoms with Crippen LogP contribution < -0.4 is 9.47 Å². The van der Waals surface area contributed by atoms with Crippen molar-refractivity contribution in [3.05, 3.63) is 209 Å². The Morgan fingerprint density at radius 3 is 2.42 bits per heavy atom. The number of aromatic nitrogens is 1. The van der Waals surface area contributed by atoms with Crippen molar-refractivity contribution in [2.75, 3.05) is 0 Å². The number of benzene rings is 4. The van der Waals surface area contributed by atoms with Gasteiger partial charge in [-0.2, -0.15) is 0 Å². The normalized spacial score (nSPS) is 24.9. The quantitative estimate of drug-likeness (QED) is 0.142. The second-order valence-electron chi connectivity index (χ2n) is 15.3. The van der Waals surface area contributed by atoms with Gasteiger partial charge >= 0.3 is 0 Å². The third kappa shape index (κ3) is 5.97. The fraction of sp³-hybridized carbons (Fsp3) is 0.154. The van der Waals surface area contributed by atoms with Crippen molar-refractivity contribution < 1.29 is 19.7 Å². The summed E-state index contributed by atoms with van der Waals surface area (Å²) in [6.07, 6.45) is 20.8. The molecule has 2 aliphatic carbocycles. The van der Waals surface area contributed by atoms with Crippen molar-refractivity contribution >= 4 is 23.1 Å². The highest BCUT2D eigenvalue weighted by molar-refractivity contribution is 5.96. The monoisotopic (exact) mass is 745 g/mol. The molecule has 0 saturated heterocycles. The topological polar surface area (TPSA) is 63.9 Å². The first kappa shape index (κ1) is 36.1. The average molecular weight is 746 g/mol. The van der Waals surface area contributed by atoms with Gasteiger partial charge in [0.15, 0.2) is 5.60 Å². The maximum absolute atomic E-state index is 12.7. The molecule has 0 bridgehead atoms. The number of hydrogen-bond acceptors (Lipinski definition) is 4. The van der Waals surface area contributed by atoms with Gasteiger partial charge in [0, 0.05) is 45.2 Å². The van der Waals surface area contributed by atoms with E-state index in [1.165, 1.54) is 0 Å². The number of hydrogen-bond donors (Lipinski definition) is 2. The van der Waals surface area contributed by atoms with E-state index >= 15 is 0 Å².